The summed E-state index contributed by atoms with van der Waals surface area (Å²) in [6.45, 7) is 2.42. The van der Waals surface area contributed by atoms with Crippen molar-refractivity contribution in [3.05, 3.63) is 58.3 Å². The van der Waals surface area contributed by atoms with Crippen LogP contribution < -0.4 is 5.73 Å². The first-order valence-electron chi connectivity index (χ1n) is 21.1. The third-order valence-electron chi connectivity index (χ3n) is 10.8. The molecule has 60 heavy (non-hydrogen) atoms. The number of nitriles is 2. The molecule has 0 amide bonds. The van der Waals surface area contributed by atoms with E-state index in [0.717, 1.165) is 38.1 Å². The molecule has 4 rings (SSSR count). The summed E-state index contributed by atoms with van der Waals surface area (Å²) in [5.74, 6) is -0.699. The van der Waals surface area contributed by atoms with Crippen molar-refractivity contribution in [2.45, 2.75) is 153 Å². The molecule has 1 aliphatic heterocycles. The van der Waals surface area contributed by atoms with Gasteiger partial charge in [0.25, 0.3) is 0 Å². The summed E-state index contributed by atoms with van der Waals surface area (Å²) in [7, 11) is -4.90. The standard InChI is InChI=1S/C42H61ClFN6O9P/c1-3-4-5-6-7-8-9-10-11-12-13-14-15-16-17-18-21-55-26-33(56-25-31-22-32(24-45)37(43)34(44)23-31)27-57-60(53,54)58-29-41(2)38(51)39(52)42(28-46,59-41)36-20-19-35-40(47)48-30-49-50(35)36/h19-20,22-23,30,33,38-39,51-52H,3-18,21,25-27,29H2,1-2H3,(H,53,54)(H2,47,48,49)/t33-,38+,39-,41?,42+/m1/s1. The first-order chi connectivity index (χ1) is 28.8. The molecule has 0 bridgehead atoms. The number of nitrogens with two attached hydrogens (primary N) is 1. The highest BCUT2D eigenvalue weighted by atomic mass is 35.5. The molecule has 2 aromatic heterocycles. The lowest BCUT2D eigenvalue weighted by atomic mass is 9.90. The first kappa shape index (κ1) is 49.4. The monoisotopic (exact) mass is 878 g/mol. The van der Waals surface area contributed by atoms with Crippen LogP contribution in [0.1, 0.15) is 133 Å². The zero-order valence-corrected chi connectivity index (χ0v) is 36.4. The number of phosphoric ester groups is 1. The lowest BCUT2D eigenvalue weighted by molar-refractivity contribution is -0.124. The second-order valence-electron chi connectivity index (χ2n) is 15.7. The maximum atomic E-state index is 14.4. The van der Waals surface area contributed by atoms with Gasteiger partial charge in [-0.05, 0) is 43.2 Å². The SMILES string of the molecule is CCCCCCCCCCCCCCCCCCOC[C@H](COP(=O)(O)OCC1(C)O[C@@](C#N)(c2ccc3c(N)ncnn23)[C@H](O)[C@@H]1O)OCc1cc(F)c(Cl)c(C#N)c1. The second kappa shape index (κ2) is 24.4. The Balaban J connectivity index is 1.24. The van der Waals surface area contributed by atoms with Crippen molar-refractivity contribution in [3.8, 4) is 12.1 Å². The quantitative estimate of drug-likeness (QED) is 0.0381. The number of rotatable bonds is 29. The Labute approximate surface area is 357 Å². The van der Waals surface area contributed by atoms with Gasteiger partial charge in [-0.1, -0.05) is 115 Å². The molecule has 5 N–H and O–H groups in total. The molecule has 1 saturated heterocycles. The molecule has 0 radical (unpaired) electrons. The predicted molar refractivity (Wildman–Crippen MR) is 223 cm³/mol. The van der Waals surface area contributed by atoms with Gasteiger partial charge in [0.05, 0.1) is 42.7 Å². The molecule has 3 aromatic rings. The van der Waals surface area contributed by atoms with Gasteiger partial charge in [-0.25, -0.2) is 18.5 Å². The summed E-state index contributed by atoms with van der Waals surface area (Å²) in [5.41, 5.74) is 2.44. The molecule has 1 fully saturated rings. The molecule has 0 aliphatic carbocycles. The Kier molecular flexibility index (Phi) is 20.1. The number of aliphatic hydroxyl groups is 2. The van der Waals surface area contributed by atoms with Crippen molar-refractivity contribution in [1.29, 1.82) is 10.5 Å². The minimum absolute atomic E-state index is 0.0369. The highest BCUT2D eigenvalue weighted by Crippen LogP contribution is 2.49. The fourth-order valence-electron chi connectivity index (χ4n) is 7.30. The third kappa shape index (κ3) is 13.9. The molecular weight excluding hydrogens is 818 g/mol. The highest BCUT2D eigenvalue weighted by Gasteiger charge is 2.63. The number of aromatic nitrogens is 3. The van der Waals surface area contributed by atoms with Crippen molar-refractivity contribution in [3.63, 3.8) is 0 Å². The number of hydrogen-bond donors (Lipinski definition) is 4. The number of benzene rings is 1. The van der Waals surface area contributed by atoms with Crippen LogP contribution in [-0.4, -0.2) is 80.0 Å². The van der Waals surface area contributed by atoms with Crippen LogP contribution in [0.5, 0.6) is 0 Å². The number of halogens is 2. The molecule has 3 heterocycles. The Morgan fingerprint density at radius 3 is 2.18 bits per heavy atom. The summed E-state index contributed by atoms with van der Waals surface area (Å²) >= 11 is 5.88. The Morgan fingerprint density at radius 1 is 0.967 bits per heavy atom. The van der Waals surface area contributed by atoms with Gasteiger partial charge in [0.2, 0.25) is 5.60 Å². The van der Waals surface area contributed by atoms with Crippen LogP contribution >= 0.6 is 19.4 Å². The van der Waals surface area contributed by atoms with E-state index in [2.05, 4.69) is 17.0 Å². The van der Waals surface area contributed by atoms with Crippen LogP contribution in [0, 0.1) is 28.5 Å². The number of unbranched alkanes of at least 4 members (excludes halogenated alkanes) is 15. The first-order valence-corrected chi connectivity index (χ1v) is 22.9. The van der Waals surface area contributed by atoms with Gasteiger partial charge in [0, 0.05) is 6.61 Å². The van der Waals surface area contributed by atoms with E-state index in [1.54, 1.807) is 0 Å². The van der Waals surface area contributed by atoms with E-state index in [9.17, 15) is 34.6 Å². The zero-order valence-electron chi connectivity index (χ0n) is 34.8. The number of fused-ring (bicyclic) bond motifs is 1. The van der Waals surface area contributed by atoms with Gasteiger partial charge in [0.1, 0.15) is 53.7 Å². The number of aliphatic hydroxyl groups excluding tert-OH is 2. The van der Waals surface area contributed by atoms with Crippen LogP contribution in [0.2, 0.25) is 5.02 Å². The molecule has 15 nitrogen and oxygen atoms in total. The maximum Gasteiger partial charge on any atom is 0.472 e. The van der Waals surface area contributed by atoms with Gasteiger partial charge < -0.3 is 35.1 Å². The van der Waals surface area contributed by atoms with Crippen LogP contribution in [0.3, 0.4) is 0 Å². The van der Waals surface area contributed by atoms with E-state index >= 15 is 0 Å². The van der Waals surface area contributed by atoms with Crippen molar-refractivity contribution in [2.24, 2.45) is 0 Å². The molecule has 18 heteroatoms. The molecule has 2 unspecified atom stereocenters. The molecule has 0 saturated carbocycles. The molecular formula is C42H61ClFN6O9P. The van der Waals surface area contributed by atoms with Crippen LogP contribution in [0.4, 0.5) is 10.2 Å². The van der Waals surface area contributed by atoms with E-state index in [-0.39, 0.29) is 35.3 Å². The number of ether oxygens (including phenoxy) is 3. The second-order valence-corrected chi connectivity index (χ2v) is 17.5. The van der Waals surface area contributed by atoms with Crippen molar-refractivity contribution < 1.29 is 47.3 Å². The lowest BCUT2D eigenvalue weighted by Gasteiger charge is -2.29. The minimum Gasteiger partial charge on any atom is -0.387 e. The van der Waals surface area contributed by atoms with Crippen molar-refractivity contribution in [2.75, 3.05) is 32.2 Å². The van der Waals surface area contributed by atoms with E-state index in [4.69, 9.17) is 40.6 Å². The Morgan fingerprint density at radius 2 is 1.58 bits per heavy atom. The summed E-state index contributed by atoms with van der Waals surface area (Å²) < 4.78 is 57.1. The number of anilines is 1. The normalized spacial score (nSPS) is 21.8. The molecule has 1 aliphatic rings. The van der Waals surface area contributed by atoms with Crippen molar-refractivity contribution in [1.82, 2.24) is 14.6 Å². The largest absolute Gasteiger partial charge is 0.472 e. The van der Waals surface area contributed by atoms with Gasteiger partial charge in [-0.2, -0.15) is 15.6 Å². The molecule has 0 spiro atoms. The van der Waals surface area contributed by atoms with Gasteiger partial charge in [-0.15, -0.1) is 0 Å². The molecule has 6 atom stereocenters. The smallest absolute Gasteiger partial charge is 0.387 e. The van der Waals surface area contributed by atoms with Crippen LogP contribution in [0.25, 0.3) is 5.52 Å². The van der Waals surface area contributed by atoms with E-state index in [1.807, 2.05) is 12.1 Å². The Hall–Kier alpha value is -3.25. The van der Waals surface area contributed by atoms with Gasteiger partial charge >= 0.3 is 7.82 Å². The van der Waals surface area contributed by atoms with Crippen LogP contribution in [0.15, 0.2) is 30.6 Å². The Bertz CT molecular complexity index is 1930. The average molecular weight is 879 g/mol. The fraction of sp³-hybridized carbons (Fsp3) is 0.667. The average Bonchev–Trinajstić information content (AvgIpc) is 3.76. The zero-order chi connectivity index (χ0) is 43.6. The van der Waals surface area contributed by atoms with Gasteiger partial charge in [-0.3, -0.25) is 9.05 Å². The maximum absolute atomic E-state index is 14.4. The number of hydrogen-bond acceptors (Lipinski definition) is 13. The third-order valence-corrected chi connectivity index (χ3v) is 12.2. The highest BCUT2D eigenvalue weighted by molar-refractivity contribution is 7.47. The van der Waals surface area contributed by atoms with E-state index < -0.39 is 56.4 Å². The van der Waals surface area contributed by atoms with E-state index in [1.165, 1.54) is 107 Å². The number of nitrogen functional groups attached to an aromatic ring is 1. The topological polar surface area (TPSA) is 228 Å². The van der Waals surface area contributed by atoms with Crippen molar-refractivity contribution >= 4 is 30.8 Å². The number of phosphoric acid groups is 1. The summed E-state index contributed by atoms with van der Waals surface area (Å²) in [4.78, 5) is 14.6. The minimum atomic E-state index is -4.90. The van der Waals surface area contributed by atoms with Gasteiger partial charge in [0.15, 0.2) is 5.82 Å². The van der Waals surface area contributed by atoms with Crippen LogP contribution in [-0.2, 0) is 40.0 Å². The summed E-state index contributed by atoms with van der Waals surface area (Å²) in [5, 5.41) is 45.6. The lowest BCUT2D eigenvalue weighted by Crippen LogP contribution is -2.44. The predicted octanol–water partition coefficient (Wildman–Crippen LogP) is 8.20. The summed E-state index contributed by atoms with van der Waals surface area (Å²) in [6, 6.07) is 9.20. The molecule has 332 valence electrons. The van der Waals surface area contributed by atoms with E-state index in [0.29, 0.717) is 17.7 Å². The fourth-order valence-corrected chi connectivity index (χ4v) is 8.30. The molecule has 1 aromatic carbocycles. The summed E-state index contributed by atoms with van der Waals surface area (Å²) in [6.07, 6.45) is 16.5. The number of nitrogens with zero attached hydrogens (tertiary/aromatic N) is 5.